The van der Waals surface area contributed by atoms with Gasteiger partial charge in [-0.2, -0.15) is 0 Å². The number of hydrogen-bond acceptors (Lipinski definition) is 4. The molecule has 0 radical (unpaired) electrons. The number of carbonyl (C=O) groups is 1. The van der Waals surface area contributed by atoms with Crippen LogP contribution < -0.4 is 10.6 Å². The van der Waals surface area contributed by atoms with Gasteiger partial charge in [0.2, 0.25) is 5.91 Å². The molecule has 2 fully saturated rings. The van der Waals surface area contributed by atoms with Gasteiger partial charge in [-0.05, 0) is 46.0 Å². The Morgan fingerprint density at radius 2 is 2.00 bits per heavy atom. The second-order valence-electron chi connectivity index (χ2n) is 7.87. The second kappa shape index (κ2) is 10.1. The van der Waals surface area contributed by atoms with Crippen molar-refractivity contribution in [3.63, 3.8) is 0 Å². The highest BCUT2D eigenvalue weighted by molar-refractivity contribution is 5.84. The van der Waals surface area contributed by atoms with Gasteiger partial charge in [0.1, 0.15) is 0 Å². The minimum Gasteiger partial charge on any atom is -0.376 e. The van der Waals surface area contributed by atoms with Gasteiger partial charge in [0.05, 0.1) is 24.2 Å². The number of piperidine rings is 1. The summed E-state index contributed by atoms with van der Waals surface area (Å²) < 4.78 is 11.8. The molecule has 1 unspecified atom stereocenters. The van der Waals surface area contributed by atoms with Crippen LogP contribution in [0.25, 0.3) is 0 Å². The van der Waals surface area contributed by atoms with Gasteiger partial charge in [-0.1, -0.05) is 0 Å². The molecule has 0 bridgehead atoms. The van der Waals surface area contributed by atoms with Crippen molar-refractivity contribution >= 4 is 11.9 Å². The predicted octanol–water partition coefficient (Wildman–Crippen LogP) is 1.38. The van der Waals surface area contributed by atoms with Crippen LogP contribution in [0.5, 0.6) is 0 Å². The topological polar surface area (TPSA) is 75.2 Å². The molecule has 2 heterocycles. The van der Waals surface area contributed by atoms with E-state index in [9.17, 15) is 4.79 Å². The first-order chi connectivity index (χ1) is 12.5. The van der Waals surface area contributed by atoms with E-state index in [0.29, 0.717) is 12.6 Å². The zero-order valence-electron chi connectivity index (χ0n) is 16.8. The second-order valence-corrected chi connectivity index (χ2v) is 7.87. The van der Waals surface area contributed by atoms with Gasteiger partial charge in [-0.3, -0.25) is 9.79 Å². The van der Waals surface area contributed by atoms with Crippen molar-refractivity contribution in [1.29, 1.82) is 0 Å². The molecule has 26 heavy (non-hydrogen) atoms. The number of rotatable bonds is 6. The number of aliphatic imine (C=N–C) groups is 1. The number of carbonyl (C=O) groups excluding carboxylic acids is 1. The molecule has 1 atom stereocenters. The average molecular weight is 369 g/mol. The molecule has 0 aromatic rings. The third-order valence-corrected chi connectivity index (χ3v) is 5.28. The van der Waals surface area contributed by atoms with Gasteiger partial charge in [-0.15, -0.1) is 0 Å². The van der Waals surface area contributed by atoms with E-state index in [4.69, 9.17) is 9.47 Å². The summed E-state index contributed by atoms with van der Waals surface area (Å²) in [6.07, 6.45) is 6.12. The van der Waals surface area contributed by atoms with Crippen molar-refractivity contribution in [3.05, 3.63) is 0 Å². The minimum absolute atomic E-state index is 0.0255. The first-order valence-corrected chi connectivity index (χ1v) is 9.87. The van der Waals surface area contributed by atoms with E-state index in [1.54, 1.807) is 14.1 Å². The van der Waals surface area contributed by atoms with Crippen LogP contribution in [0.2, 0.25) is 0 Å². The van der Waals surface area contributed by atoms with Crippen LogP contribution in [0.15, 0.2) is 4.99 Å². The third-order valence-electron chi connectivity index (χ3n) is 5.28. The standard InChI is InChI=1S/C19H36N4O3/c1-19(2,17(24)20-3)14-22-18(21-4)23-10-8-15(9-11-23)26-13-16-7-5-6-12-25-16/h15-16H,5-14H2,1-4H3,(H,20,24)(H,21,22). The Labute approximate surface area is 157 Å². The number of ether oxygens (including phenoxy) is 2. The number of nitrogens with one attached hydrogen (secondary N) is 2. The number of nitrogens with zero attached hydrogens (tertiary/aromatic N) is 2. The van der Waals surface area contributed by atoms with E-state index >= 15 is 0 Å². The van der Waals surface area contributed by atoms with Crippen molar-refractivity contribution in [2.45, 2.75) is 58.2 Å². The maximum absolute atomic E-state index is 11.9. The summed E-state index contributed by atoms with van der Waals surface area (Å²) >= 11 is 0. The lowest BCUT2D eigenvalue weighted by atomic mass is 9.92. The fraction of sp³-hybridized carbons (Fsp3) is 0.895. The van der Waals surface area contributed by atoms with E-state index in [-0.39, 0.29) is 12.0 Å². The predicted molar refractivity (Wildman–Crippen MR) is 103 cm³/mol. The zero-order valence-corrected chi connectivity index (χ0v) is 16.8. The summed E-state index contributed by atoms with van der Waals surface area (Å²) in [7, 11) is 3.46. The maximum Gasteiger partial charge on any atom is 0.227 e. The van der Waals surface area contributed by atoms with Crippen molar-refractivity contribution in [1.82, 2.24) is 15.5 Å². The van der Waals surface area contributed by atoms with E-state index < -0.39 is 5.41 Å². The van der Waals surface area contributed by atoms with Crippen molar-refractivity contribution in [2.24, 2.45) is 10.4 Å². The highest BCUT2D eigenvalue weighted by atomic mass is 16.5. The minimum atomic E-state index is -0.480. The largest absolute Gasteiger partial charge is 0.376 e. The molecule has 0 spiro atoms. The lowest BCUT2D eigenvalue weighted by molar-refractivity contribution is -0.128. The Hall–Kier alpha value is -1.34. The maximum atomic E-state index is 11.9. The molecule has 150 valence electrons. The van der Waals surface area contributed by atoms with Gasteiger partial charge < -0.3 is 25.0 Å². The Bertz CT molecular complexity index is 467. The van der Waals surface area contributed by atoms with Gasteiger partial charge in [0.15, 0.2) is 5.96 Å². The molecule has 7 heteroatoms. The Morgan fingerprint density at radius 3 is 2.58 bits per heavy atom. The molecule has 0 aliphatic carbocycles. The monoisotopic (exact) mass is 368 g/mol. The van der Waals surface area contributed by atoms with E-state index in [1.165, 1.54) is 12.8 Å². The van der Waals surface area contributed by atoms with Gasteiger partial charge in [0.25, 0.3) is 0 Å². The molecule has 0 aromatic heterocycles. The van der Waals surface area contributed by atoms with Gasteiger partial charge in [-0.25, -0.2) is 0 Å². The summed E-state index contributed by atoms with van der Waals surface area (Å²) in [5.74, 6) is 0.883. The Balaban J connectivity index is 1.72. The summed E-state index contributed by atoms with van der Waals surface area (Å²) in [6.45, 7) is 7.83. The van der Waals surface area contributed by atoms with E-state index in [2.05, 4.69) is 20.5 Å². The molecule has 2 aliphatic rings. The van der Waals surface area contributed by atoms with Crippen LogP contribution >= 0.6 is 0 Å². The van der Waals surface area contributed by atoms with Crippen LogP contribution in [-0.4, -0.2) is 75.9 Å². The van der Waals surface area contributed by atoms with Crippen LogP contribution in [-0.2, 0) is 14.3 Å². The van der Waals surface area contributed by atoms with Crippen LogP contribution in [0.1, 0.15) is 46.0 Å². The quantitative estimate of drug-likeness (QED) is 0.547. The van der Waals surface area contributed by atoms with Gasteiger partial charge >= 0.3 is 0 Å². The van der Waals surface area contributed by atoms with E-state index in [1.807, 2.05) is 13.8 Å². The summed E-state index contributed by atoms with van der Waals surface area (Å²) in [5, 5.41) is 6.06. The molecule has 7 nitrogen and oxygen atoms in total. The number of hydrogen-bond donors (Lipinski definition) is 2. The first-order valence-electron chi connectivity index (χ1n) is 9.87. The van der Waals surface area contributed by atoms with Crippen LogP contribution in [0.3, 0.4) is 0 Å². The Kier molecular flexibility index (Phi) is 8.15. The number of likely N-dealkylation sites (tertiary alicyclic amines) is 1. The molecule has 1 amide bonds. The number of amides is 1. The normalized spacial score (nSPS) is 23.0. The van der Waals surface area contributed by atoms with Crippen molar-refractivity contribution in [2.75, 3.05) is 46.9 Å². The SMILES string of the molecule is CN=C(NCC(C)(C)C(=O)NC)N1CCC(OCC2CCCCO2)CC1. The molecular formula is C19H36N4O3. The lowest BCUT2D eigenvalue weighted by Crippen LogP contribution is -2.51. The summed E-state index contributed by atoms with van der Waals surface area (Å²) in [6, 6.07) is 0. The van der Waals surface area contributed by atoms with Crippen LogP contribution in [0, 0.1) is 5.41 Å². The smallest absolute Gasteiger partial charge is 0.227 e. The fourth-order valence-electron chi connectivity index (χ4n) is 3.47. The molecular weight excluding hydrogens is 332 g/mol. The van der Waals surface area contributed by atoms with Crippen molar-refractivity contribution in [3.8, 4) is 0 Å². The number of guanidine groups is 1. The van der Waals surface area contributed by atoms with Crippen molar-refractivity contribution < 1.29 is 14.3 Å². The fourth-order valence-corrected chi connectivity index (χ4v) is 3.47. The molecule has 2 saturated heterocycles. The third kappa shape index (κ3) is 6.13. The van der Waals surface area contributed by atoms with E-state index in [0.717, 1.165) is 51.5 Å². The highest BCUT2D eigenvalue weighted by Crippen LogP contribution is 2.18. The Morgan fingerprint density at radius 1 is 1.27 bits per heavy atom. The summed E-state index contributed by atoms with van der Waals surface area (Å²) in [5.41, 5.74) is -0.480. The molecule has 0 aromatic carbocycles. The molecule has 2 rings (SSSR count). The summed E-state index contributed by atoms with van der Waals surface area (Å²) in [4.78, 5) is 18.6. The molecule has 2 aliphatic heterocycles. The highest BCUT2D eigenvalue weighted by Gasteiger charge is 2.28. The first kappa shape index (κ1) is 21.0. The molecule has 2 N–H and O–H groups in total. The zero-order chi connectivity index (χ0) is 19.0. The van der Waals surface area contributed by atoms with Crippen LogP contribution in [0.4, 0.5) is 0 Å². The molecule has 0 saturated carbocycles. The average Bonchev–Trinajstić information content (AvgIpc) is 2.67. The lowest BCUT2D eigenvalue weighted by Gasteiger charge is -2.36. The van der Waals surface area contributed by atoms with Gasteiger partial charge in [0, 0.05) is 40.3 Å².